The van der Waals surface area contributed by atoms with Crippen molar-refractivity contribution in [2.24, 2.45) is 5.92 Å². The Kier molecular flexibility index (Phi) is 6.12. The molecule has 1 aromatic carbocycles. The molecule has 0 radical (unpaired) electrons. The van der Waals surface area contributed by atoms with Gasteiger partial charge in [0.05, 0.1) is 6.33 Å². The zero-order valence-corrected chi connectivity index (χ0v) is 16.6. The number of nitrogens with one attached hydrogen (secondary N) is 1. The average molecular weight is 396 g/mol. The van der Waals surface area contributed by atoms with Crippen molar-refractivity contribution in [2.75, 3.05) is 19.6 Å². The second kappa shape index (κ2) is 9.11. The summed E-state index contributed by atoms with van der Waals surface area (Å²) in [6, 6.07) is 7.33. The highest BCUT2D eigenvalue weighted by Crippen LogP contribution is 2.32. The molecule has 0 unspecified atom stereocenters. The summed E-state index contributed by atoms with van der Waals surface area (Å²) in [7, 11) is 0. The van der Waals surface area contributed by atoms with E-state index in [1.807, 2.05) is 27.8 Å². The molecule has 0 spiro atoms. The van der Waals surface area contributed by atoms with Crippen molar-refractivity contribution >= 4 is 11.8 Å². The topological polar surface area (TPSA) is 76.5 Å². The fraction of sp³-hybridized carbons (Fsp3) is 0.500. The van der Waals surface area contributed by atoms with Crippen LogP contribution in [-0.4, -0.2) is 52.0 Å². The van der Waals surface area contributed by atoms with Crippen LogP contribution in [0.15, 0.2) is 43.0 Å². The third kappa shape index (κ3) is 5.37. The van der Waals surface area contributed by atoms with E-state index in [0.717, 1.165) is 51.7 Å². The van der Waals surface area contributed by atoms with Gasteiger partial charge in [-0.05, 0) is 37.5 Å². The van der Waals surface area contributed by atoms with E-state index >= 15 is 0 Å². The minimum atomic E-state index is -0.0917. The molecule has 1 aromatic heterocycles. The number of hydrogen-bond donors (Lipinski definition) is 1. The van der Waals surface area contributed by atoms with Crippen molar-refractivity contribution in [2.45, 2.75) is 44.8 Å². The Morgan fingerprint density at radius 1 is 1.17 bits per heavy atom. The smallest absolute Gasteiger partial charge is 0.251 e. The van der Waals surface area contributed by atoms with Gasteiger partial charge >= 0.3 is 0 Å². The second-order valence-corrected chi connectivity index (χ2v) is 7.85. The van der Waals surface area contributed by atoms with Gasteiger partial charge in [-0.1, -0.05) is 6.07 Å². The van der Waals surface area contributed by atoms with Crippen molar-refractivity contribution < 1.29 is 14.3 Å². The first kappa shape index (κ1) is 19.5. The van der Waals surface area contributed by atoms with Crippen molar-refractivity contribution in [1.82, 2.24) is 19.8 Å². The highest BCUT2D eigenvalue weighted by molar-refractivity contribution is 5.94. The molecule has 2 amide bonds. The number of rotatable bonds is 8. The summed E-state index contributed by atoms with van der Waals surface area (Å²) in [6.45, 7) is 2.95. The molecule has 1 aliphatic heterocycles. The minimum absolute atomic E-state index is 0.0896. The van der Waals surface area contributed by atoms with Crippen molar-refractivity contribution in [3.63, 3.8) is 0 Å². The fourth-order valence-electron chi connectivity index (χ4n) is 3.67. The quantitative estimate of drug-likeness (QED) is 0.696. The number of carbonyl (C=O) groups is 2. The van der Waals surface area contributed by atoms with Crippen LogP contribution in [0, 0.1) is 5.92 Å². The molecular formula is C22H28N4O3. The van der Waals surface area contributed by atoms with Crippen molar-refractivity contribution in [3.8, 4) is 5.75 Å². The van der Waals surface area contributed by atoms with Crippen LogP contribution in [-0.2, 0) is 11.3 Å². The number of nitrogens with zero attached hydrogens (tertiary/aromatic N) is 3. The van der Waals surface area contributed by atoms with Crippen LogP contribution in [0.3, 0.4) is 0 Å². The van der Waals surface area contributed by atoms with Crippen LogP contribution >= 0.6 is 0 Å². The van der Waals surface area contributed by atoms with Gasteiger partial charge in [-0.3, -0.25) is 9.59 Å². The molecule has 0 bridgehead atoms. The van der Waals surface area contributed by atoms with E-state index < -0.39 is 0 Å². The molecule has 7 heteroatoms. The number of ether oxygens (including phenoxy) is 1. The average Bonchev–Trinajstić information content (AvgIpc) is 3.47. The highest BCUT2D eigenvalue weighted by atomic mass is 16.5. The number of amides is 2. The first-order valence-electron chi connectivity index (χ1n) is 10.5. The maximum absolute atomic E-state index is 12.4. The van der Waals surface area contributed by atoms with Crippen molar-refractivity contribution in [1.29, 1.82) is 0 Å². The Labute approximate surface area is 171 Å². The van der Waals surface area contributed by atoms with E-state index in [2.05, 4.69) is 10.3 Å². The molecule has 1 N–H and O–H groups in total. The summed E-state index contributed by atoms with van der Waals surface area (Å²) in [6.07, 6.45) is 10.1. The van der Waals surface area contributed by atoms with E-state index in [-0.39, 0.29) is 17.9 Å². The van der Waals surface area contributed by atoms with Crippen LogP contribution in [0.4, 0.5) is 0 Å². The molecule has 2 heterocycles. The zero-order valence-electron chi connectivity index (χ0n) is 16.6. The lowest BCUT2D eigenvalue weighted by atomic mass is 10.1. The lowest BCUT2D eigenvalue weighted by Crippen LogP contribution is -2.42. The predicted molar refractivity (Wildman–Crippen MR) is 109 cm³/mol. The summed E-state index contributed by atoms with van der Waals surface area (Å²) in [5.41, 5.74) is 0.603. The van der Waals surface area contributed by atoms with E-state index in [1.54, 1.807) is 24.7 Å². The third-order valence-electron chi connectivity index (χ3n) is 5.52. The van der Waals surface area contributed by atoms with Gasteiger partial charge in [0.25, 0.3) is 5.91 Å². The molecular weight excluding hydrogens is 368 g/mol. The number of aryl methyl sites for hydroxylation is 1. The minimum Gasteiger partial charge on any atom is -0.490 e. The summed E-state index contributed by atoms with van der Waals surface area (Å²) in [5.74, 6) is 1.21. The first-order chi connectivity index (χ1) is 14.2. The number of imidazole rings is 1. The summed E-state index contributed by atoms with van der Waals surface area (Å²) in [4.78, 5) is 30.5. The van der Waals surface area contributed by atoms with Gasteiger partial charge in [-0.25, -0.2) is 4.98 Å². The molecule has 2 aromatic rings. The van der Waals surface area contributed by atoms with Gasteiger partial charge in [0, 0.05) is 62.9 Å². The Hall–Kier alpha value is -2.83. The Morgan fingerprint density at radius 3 is 2.72 bits per heavy atom. The van der Waals surface area contributed by atoms with Crippen LogP contribution in [0.25, 0.3) is 0 Å². The van der Waals surface area contributed by atoms with Crippen LogP contribution in [0.5, 0.6) is 5.75 Å². The Balaban J connectivity index is 1.22. The molecule has 2 fully saturated rings. The number of benzene rings is 1. The Bertz CT molecular complexity index is 824. The largest absolute Gasteiger partial charge is 0.490 e. The normalized spacial score (nSPS) is 17.2. The van der Waals surface area contributed by atoms with Crippen LogP contribution < -0.4 is 10.1 Å². The predicted octanol–water partition coefficient (Wildman–Crippen LogP) is 2.48. The molecule has 154 valence electrons. The molecule has 1 saturated carbocycles. The SMILES string of the molecule is O=C(NCCCn1ccnc1)c1cccc(OC2CCN(C(=O)C3CC3)CC2)c1. The number of piperidine rings is 1. The number of hydrogen-bond acceptors (Lipinski definition) is 4. The molecule has 2 aliphatic rings. The lowest BCUT2D eigenvalue weighted by Gasteiger charge is -2.32. The highest BCUT2D eigenvalue weighted by Gasteiger charge is 2.35. The van der Waals surface area contributed by atoms with Gasteiger partial charge in [0.1, 0.15) is 11.9 Å². The van der Waals surface area contributed by atoms with Gasteiger partial charge < -0.3 is 19.5 Å². The van der Waals surface area contributed by atoms with E-state index in [0.29, 0.717) is 23.8 Å². The summed E-state index contributed by atoms with van der Waals surface area (Å²) >= 11 is 0. The lowest BCUT2D eigenvalue weighted by molar-refractivity contribution is -0.134. The first-order valence-corrected chi connectivity index (χ1v) is 10.5. The molecule has 1 aliphatic carbocycles. The monoisotopic (exact) mass is 396 g/mol. The number of likely N-dealkylation sites (tertiary alicyclic amines) is 1. The van der Waals surface area contributed by atoms with E-state index in [9.17, 15) is 9.59 Å². The van der Waals surface area contributed by atoms with Gasteiger partial charge in [0.2, 0.25) is 5.91 Å². The number of carbonyl (C=O) groups excluding carboxylic acids is 2. The number of aromatic nitrogens is 2. The molecule has 0 atom stereocenters. The molecule has 7 nitrogen and oxygen atoms in total. The van der Waals surface area contributed by atoms with Gasteiger partial charge in [-0.15, -0.1) is 0 Å². The molecule has 4 rings (SSSR count). The summed E-state index contributed by atoms with van der Waals surface area (Å²) in [5, 5.41) is 2.95. The van der Waals surface area contributed by atoms with E-state index in [1.165, 1.54) is 0 Å². The van der Waals surface area contributed by atoms with Gasteiger partial charge in [0.15, 0.2) is 0 Å². The fourth-order valence-corrected chi connectivity index (χ4v) is 3.67. The zero-order chi connectivity index (χ0) is 20.1. The Morgan fingerprint density at radius 2 is 2.00 bits per heavy atom. The van der Waals surface area contributed by atoms with Crippen LogP contribution in [0.1, 0.15) is 42.5 Å². The van der Waals surface area contributed by atoms with Gasteiger partial charge in [-0.2, -0.15) is 0 Å². The second-order valence-electron chi connectivity index (χ2n) is 7.85. The van der Waals surface area contributed by atoms with E-state index in [4.69, 9.17) is 4.74 Å². The maximum Gasteiger partial charge on any atom is 0.251 e. The summed E-state index contributed by atoms with van der Waals surface area (Å²) < 4.78 is 8.09. The maximum atomic E-state index is 12.4. The molecule has 29 heavy (non-hydrogen) atoms. The third-order valence-corrected chi connectivity index (χ3v) is 5.52. The van der Waals surface area contributed by atoms with Crippen LogP contribution in [0.2, 0.25) is 0 Å². The van der Waals surface area contributed by atoms with Crippen molar-refractivity contribution in [3.05, 3.63) is 48.5 Å². The molecule has 1 saturated heterocycles. The standard InChI is InChI=1S/C22H28N4O3/c27-21(24-9-2-11-25-14-10-23-16-25)18-3-1-4-20(15-18)29-19-7-12-26(13-8-19)22(28)17-5-6-17/h1,3-4,10,14-17,19H,2,5-9,11-13H2,(H,24,27).